The van der Waals surface area contributed by atoms with Gasteiger partial charge in [-0.15, -0.1) is 13.2 Å². The van der Waals surface area contributed by atoms with Crippen LogP contribution in [0.3, 0.4) is 0 Å². The smallest absolute Gasteiger partial charge is 0.503 e. The fourth-order valence-corrected chi connectivity index (χ4v) is 0.979. The highest BCUT2D eigenvalue weighted by atomic mass is 19.4. The first-order valence-corrected chi connectivity index (χ1v) is 4.01. The Kier molecular flexibility index (Phi) is 3.43. The van der Waals surface area contributed by atoms with Gasteiger partial charge in [0.1, 0.15) is 11.4 Å². The lowest BCUT2D eigenvalue weighted by Crippen LogP contribution is -2.18. The summed E-state index contributed by atoms with van der Waals surface area (Å²) < 4.78 is 43.7. The second-order valence-corrected chi connectivity index (χ2v) is 2.67. The van der Waals surface area contributed by atoms with Gasteiger partial charge in [-0.1, -0.05) is 0 Å². The number of nitrogens with zero attached hydrogens (tertiary/aromatic N) is 1. The first kappa shape index (κ1) is 12.4. The summed E-state index contributed by atoms with van der Waals surface area (Å²) in [6.45, 7) is -0.641. The van der Waals surface area contributed by atoms with Crippen LogP contribution in [0.25, 0.3) is 0 Å². The molecular weight excluding hydrogens is 231 g/mol. The van der Waals surface area contributed by atoms with Gasteiger partial charge < -0.3 is 19.7 Å². The summed E-state index contributed by atoms with van der Waals surface area (Å²) in [6.07, 6.45) is -4.97. The topological polar surface area (TPSA) is 71.8 Å². The van der Waals surface area contributed by atoms with Crippen LogP contribution in [0.15, 0.2) is 6.07 Å². The fourth-order valence-electron chi connectivity index (χ4n) is 0.979. The van der Waals surface area contributed by atoms with Crippen LogP contribution < -0.4 is 9.47 Å². The maximum absolute atomic E-state index is 11.9. The van der Waals surface area contributed by atoms with Crippen molar-refractivity contribution in [3.8, 4) is 17.4 Å². The molecule has 16 heavy (non-hydrogen) atoms. The molecule has 0 aliphatic carbocycles. The van der Waals surface area contributed by atoms with Crippen molar-refractivity contribution in [3.05, 3.63) is 11.8 Å². The molecule has 0 amide bonds. The average Bonchev–Trinajstić information content (AvgIpc) is 2.18. The highest BCUT2D eigenvalue weighted by Crippen LogP contribution is 2.33. The van der Waals surface area contributed by atoms with Gasteiger partial charge >= 0.3 is 6.36 Å². The van der Waals surface area contributed by atoms with Crippen LogP contribution >= 0.6 is 0 Å². The lowest BCUT2D eigenvalue weighted by molar-refractivity contribution is -0.276. The van der Waals surface area contributed by atoms with E-state index >= 15 is 0 Å². The van der Waals surface area contributed by atoms with Crippen molar-refractivity contribution in [2.24, 2.45) is 0 Å². The normalized spacial score (nSPS) is 11.3. The third-order valence-corrected chi connectivity index (χ3v) is 1.59. The number of aliphatic hydroxyl groups excluding tert-OH is 1. The SMILES string of the molecule is COc1cc(O)c(OC(F)(F)F)nc1CO. The molecule has 8 heteroatoms. The van der Waals surface area contributed by atoms with Gasteiger partial charge in [0.2, 0.25) is 0 Å². The van der Waals surface area contributed by atoms with Crippen molar-refractivity contribution in [3.63, 3.8) is 0 Å². The molecule has 0 bridgehead atoms. The van der Waals surface area contributed by atoms with Crippen LogP contribution in [-0.2, 0) is 6.61 Å². The highest BCUT2D eigenvalue weighted by molar-refractivity contribution is 5.42. The van der Waals surface area contributed by atoms with Gasteiger partial charge in [0, 0.05) is 6.07 Å². The van der Waals surface area contributed by atoms with E-state index in [-0.39, 0.29) is 11.4 Å². The summed E-state index contributed by atoms with van der Waals surface area (Å²) in [5, 5.41) is 18.0. The Morgan fingerprint density at radius 3 is 2.50 bits per heavy atom. The molecule has 0 aliphatic heterocycles. The minimum absolute atomic E-state index is 0.0328. The highest BCUT2D eigenvalue weighted by Gasteiger charge is 2.33. The zero-order valence-electron chi connectivity index (χ0n) is 8.08. The van der Waals surface area contributed by atoms with E-state index in [2.05, 4.69) is 14.5 Å². The summed E-state index contributed by atoms with van der Waals surface area (Å²) in [4.78, 5) is 3.28. The number of pyridine rings is 1. The van der Waals surface area contributed by atoms with Crippen molar-refractivity contribution in [2.75, 3.05) is 7.11 Å². The Labute approximate surface area is 88.1 Å². The molecule has 5 nitrogen and oxygen atoms in total. The molecule has 0 spiro atoms. The number of halogens is 3. The van der Waals surface area contributed by atoms with E-state index in [0.717, 1.165) is 6.07 Å². The Hall–Kier alpha value is -1.70. The van der Waals surface area contributed by atoms with Crippen LogP contribution in [0.4, 0.5) is 13.2 Å². The lowest BCUT2D eigenvalue weighted by Gasteiger charge is -2.12. The maximum atomic E-state index is 11.9. The number of hydrogen-bond donors (Lipinski definition) is 2. The van der Waals surface area contributed by atoms with Crippen LogP contribution in [0.1, 0.15) is 5.69 Å². The molecule has 90 valence electrons. The average molecular weight is 239 g/mol. The van der Waals surface area contributed by atoms with Gasteiger partial charge in [0.05, 0.1) is 13.7 Å². The molecule has 0 aliphatic rings. The Bertz CT molecular complexity index is 380. The monoisotopic (exact) mass is 239 g/mol. The van der Waals surface area contributed by atoms with Crippen molar-refractivity contribution in [1.82, 2.24) is 4.98 Å². The quantitative estimate of drug-likeness (QED) is 0.828. The summed E-state index contributed by atoms with van der Waals surface area (Å²) in [5.41, 5.74) is -0.167. The van der Waals surface area contributed by atoms with E-state index in [1.54, 1.807) is 0 Å². The van der Waals surface area contributed by atoms with Crippen molar-refractivity contribution in [1.29, 1.82) is 0 Å². The molecule has 0 saturated carbocycles. The summed E-state index contributed by atoms with van der Waals surface area (Å²) in [6, 6.07) is 0.875. The van der Waals surface area contributed by atoms with E-state index in [4.69, 9.17) is 10.2 Å². The first-order chi connectivity index (χ1) is 7.37. The number of aliphatic hydroxyl groups is 1. The van der Waals surface area contributed by atoms with Crippen LogP contribution in [-0.4, -0.2) is 28.7 Å². The van der Waals surface area contributed by atoms with Crippen molar-refractivity contribution >= 4 is 0 Å². The van der Waals surface area contributed by atoms with E-state index in [1.807, 2.05) is 0 Å². The standard InChI is InChI=1S/C8H8F3NO4/c1-15-6-2-5(14)7(12-4(6)3-13)16-8(9,10)11/h2,13-14H,3H2,1H3. The number of ether oxygens (including phenoxy) is 2. The largest absolute Gasteiger partial charge is 0.574 e. The molecule has 0 aromatic carbocycles. The molecular formula is C8H8F3NO4. The Morgan fingerprint density at radius 1 is 1.44 bits per heavy atom. The van der Waals surface area contributed by atoms with E-state index < -0.39 is 24.6 Å². The van der Waals surface area contributed by atoms with Crippen LogP contribution in [0.2, 0.25) is 0 Å². The van der Waals surface area contributed by atoms with Crippen molar-refractivity contribution < 1.29 is 32.9 Å². The van der Waals surface area contributed by atoms with Gasteiger partial charge in [-0.25, -0.2) is 4.98 Å². The van der Waals surface area contributed by atoms with Gasteiger partial charge in [-0.05, 0) is 0 Å². The number of aromatic nitrogens is 1. The third-order valence-electron chi connectivity index (χ3n) is 1.59. The van der Waals surface area contributed by atoms with Gasteiger partial charge in [-0.2, -0.15) is 0 Å². The predicted molar refractivity (Wildman–Crippen MR) is 45.1 cm³/mol. The maximum Gasteiger partial charge on any atom is 0.574 e. The Morgan fingerprint density at radius 2 is 2.06 bits per heavy atom. The molecule has 0 atom stereocenters. The third kappa shape index (κ3) is 2.89. The number of methoxy groups -OCH3 is 1. The summed E-state index contributed by atoms with van der Waals surface area (Å²) in [7, 11) is 1.22. The molecule has 1 aromatic heterocycles. The number of alkyl halides is 3. The minimum atomic E-state index is -4.97. The van der Waals surface area contributed by atoms with Crippen LogP contribution in [0.5, 0.6) is 17.4 Å². The van der Waals surface area contributed by atoms with E-state index in [0.29, 0.717) is 0 Å². The predicted octanol–water partition coefficient (Wildman–Crippen LogP) is 1.19. The zero-order chi connectivity index (χ0) is 12.3. The second kappa shape index (κ2) is 4.44. The number of hydrogen-bond acceptors (Lipinski definition) is 5. The van der Waals surface area contributed by atoms with Crippen LogP contribution in [0, 0.1) is 0 Å². The molecule has 0 saturated heterocycles. The van der Waals surface area contributed by atoms with E-state index in [1.165, 1.54) is 7.11 Å². The molecule has 2 N–H and O–H groups in total. The lowest BCUT2D eigenvalue weighted by atomic mass is 10.3. The molecule has 1 aromatic rings. The Balaban J connectivity index is 3.11. The minimum Gasteiger partial charge on any atom is -0.503 e. The number of aromatic hydroxyl groups is 1. The molecule has 1 rings (SSSR count). The van der Waals surface area contributed by atoms with Gasteiger partial charge in [0.25, 0.3) is 5.88 Å². The molecule has 0 unspecified atom stereocenters. The number of rotatable bonds is 3. The van der Waals surface area contributed by atoms with Crippen molar-refractivity contribution in [2.45, 2.75) is 13.0 Å². The van der Waals surface area contributed by atoms with E-state index in [9.17, 15) is 13.2 Å². The van der Waals surface area contributed by atoms with Gasteiger partial charge in [-0.3, -0.25) is 0 Å². The molecule has 1 heterocycles. The van der Waals surface area contributed by atoms with Gasteiger partial charge in [0.15, 0.2) is 5.75 Å². The molecule has 0 fully saturated rings. The summed E-state index contributed by atoms with van der Waals surface area (Å²) in [5.74, 6) is -1.89. The second-order valence-electron chi connectivity index (χ2n) is 2.67. The first-order valence-electron chi connectivity index (χ1n) is 4.01. The summed E-state index contributed by atoms with van der Waals surface area (Å²) >= 11 is 0. The fraction of sp³-hybridized carbons (Fsp3) is 0.375. The molecule has 0 radical (unpaired) electrons. The zero-order valence-corrected chi connectivity index (χ0v) is 8.08.